The SMILES string of the molecule is CCCCS([O])=O. The maximum absolute atomic E-state index is 9.76. The van der Waals surface area contributed by atoms with Crippen molar-refractivity contribution < 1.29 is 8.76 Å². The van der Waals surface area contributed by atoms with E-state index in [0.717, 1.165) is 12.8 Å². The van der Waals surface area contributed by atoms with E-state index in [4.69, 9.17) is 0 Å². The summed E-state index contributed by atoms with van der Waals surface area (Å²) < 4.78 is 19.5. The summed E-state index contributed by atoms with van der Waals surface area (Å²) in [7, 11) is 0. The number of unbranched alkanes of at least 4 members (excludes halogenated alkanes) is 1. The molecule has 0 aliphatic rings. The van der Waals surface area contributed by atoms with Crippen molar-refractivity contribution in [3.63, 3.8) is 0 Å². The van der Waals surface area contributed by atoms with Gasteiger partial charge in [-0.2, -0.15) is 0 Å². The van der Waals surface area contributed by atoms with Crippen molar-refractivity contribution in [2.24, 2.45) is 0 Å². The van der Waals surface area contributed by atoms with Crippen molar-refractivity contribution >= 4 is 11.1 Å². The molecule has 1 radical (unpaired) electrons. The first-order valence-electron chi connectivity index (χ1n) is 2.33. The van der Waals surface area contributed by atoms with Crippen molar-refractivity contribution in [3.05, 3.63) is 0 Å². The van der Waals surface area contributed by atoms with Crippen LogP contribution in [0.2, 0.25) is 0 Å². The van der Waals surface area contributed by atoms with E-state index < -0.39 is 11.1 Å². The quantitative estimate of drug-likeness (QED) is 0.546. The van der Waals surface area contributed by atoms with E-state index in [1.807, 2.05) is 6.92 Å². The normalized spacial score (nSPS) is 14.0. The summed E-state index contributed by atoms with van der Waals surface area (Å²) in [5, 5.41) is 0. The Labute approximate surface area is 46.2 Å². The fourth-order valence-electron chi connectivity index (χ4n) is 0.262. The summed E-state index contributed by atoms with van der Waals surface area (Å²) in [5.41, 5.74) is 0. The largest absolute Gasteiger partial charge is 0.227 e. The Morgan fingerprint density at radius 2 is 2.14 bits per heavy atom. The maximum atomic E-state index is 9.76. The molecular formula is C4H9O2S. The first kappa shape index (κ1) is 7.11. The third kappa shape index (κ3) is 6.11. The molecule has 1 unspecified atom stereocenters. The van der Waals surface area contributed by atoms with Crippen molar-refractivity contribution in [1.82, 2.24) is 0 Å². The minimum atomic E-state index is -1.82. The average Bonchev–Trinajstić information content (AvgIpc) is 1.61. The first-order chi connectivity index (χ1) is 3.27. The van der Waals surface area contributed by atoms with Crippen molar-refractivity contribution in [2.45, 2.75) is 19.8 Å². The Morgan fingerprint density at radius 3 is 2.29 bits per heavy atom. The summed E-state index contributed by atoms with van der Waals surface area (Å²) in [5.74, 6) is 0.316. The molecular weight excluding hydrogens is 112 g/mol. The zero-order valence-corrected chi connectivity index (χ0v) is 5.16. The summed E-state index contributed by atoms with van der Waals surface area (Å²) >= 11 is -1.82. The van der Waals surface area contributed by atoms with Gasteiger partial charge in [-0.1, -0.05) is 13.3 Å². The predicted octanol–water partition coefficient (Wildman–Crippen LogP) is 0.881. The van der Waals surface area contributed by atoms with Crippen LogP contribution in [0.1, 0.15) is 19.8 Å². The first-order valence-corrected chi connectivity index (χ1v) is 3.57. The number of rotatable bonds is 3. The van der Waals surface area contributed by atoms with Crippen LogP contribution in [0.3, 0.4) is 0 Å². The van der Waals surface area contributed by atoms with Gasteiger partial charge in [-0.05, 0) is 6.42 Å². The lowest BCUT2D eigenvalue weighted by molar-refractivity contribution is 0.471. The van der Waals surface area contributed by atoms with Crippen molar-refractivity contribution in [3.8, 4) is 0 Å². The molecule has 0 aromatic rings. The van der Waals surface area contributed by atoms with Gasteiger partial charge in [0, 0.05) is 0 Å². The van der Waals surface area contributed by atoms with Crippen LogP contribution in [0.5, 0.6) is 0 Å². The van der Waals surface area contributed by atoms with E-state index in [2.05, 4.69) is 0 Å². The molecule has 0 heterocycles. The van der Waals surface area contributed by atoms with Crippen LogP contribution in [-0.4, -0.2) is 9.96 Å². The molecule has 2 nitrogen and oxygen atoms in total. The molecule has 0 aliphatic carbocycles. The van der Waals surface area contributed by atoms with Crippen LogP contribution in [0.15, 0.2) is 0 Å². The second-order valence-electron chi connectivity index (χ2n) is 1.36. The van der Waals surface area contributed by atoms with Gasteiger partial charge in [0.15, 0.2) is 11.1 Å². The van der Waals surface area contributed by atoms with Gasteiger partial charge in [0.25, 0.3) is 0 Å². The summed E-state index contributed by atoms with van der Waals surface area (Å²) in [6, 6.07) is 0. The molecule has 0 N–H and O–H groups in total. The topological polar surface area (TPSA) is 37.0 Å². The lowest BCUT2D eigenvalue weighted by Gasteiger charge is -1.84. The minimum Gasteiger partial charge on any atom is -0.227 e. The molecule has 0 aromatic heterocycles. The summed E-state index contributed by atoms with van der Waals surface area (Å²) in [6.45, 7) is 1.97. The average molecular weight is 121 g/mol. The highest BCUT2D eigenvalue weighted by Crippen LogP contribution is 1.87. The van der Waals surface area contributed by atoms with Crippen LogP contribution >= 0.6 is 0 Å². The van der Waals surface area contributed by atoms with E-state index in [1.54, 1.807) is 0 Å². The summed E-state index contributed by atoms with van der Waals surface area (Å²) in [6.07, 6.45) is 1.74. The Bertz CT molecular complexity index is 62.7. The van der Waals surface area contributed by atoms with E-state index in [1.165, 1.54) is 0 Å². The Morgan fingerprint density at radius 1 is 1.57 bits per heavy atom. The van der Waals surface area contributed by atoms with Gasteiger partial charge in [0.05, 0.1) is 5.75 Å². The lowest BCUT2D eigenvalue weighted by atomic mass is 10.4. The highest BCUT2D eigenvalue weighted by atomic mass is 32.2. The number of hydrogen-bond donors (Lipinski definition) is 0. The van der Waals surface area contributed by atoms with Crippen LogP contribution in [-0.2, 0) is 15.6 Å². The zero-order chi connectivity index (χ0) is 5.70. The van der Waals surface area contributed by atoms with Crippen molar-refractivity contribution in [2.75, 3.05) is 5.75 Å². The standard InChI is InChI=1S/C4H9O2S/c1-2-3-4-7(5)6/h2-4H2,1H3. The molecule has 7 heavy (non-hydrogen) atoms. The van der Waals surface area contributed by atoms with Gasteiger partial charge in [-0.3, -0.25) is 0 Å². The van der Waals surface area contributed by atoms with Crippen molar-refractivity contribution in [1.29, 1.82) is 0 Å². The highest BCUT2D eigenvalue weighted by Gasteiger charge is 1.90. The van der Waals surface area contributed by atoms with E-state index >= 15 is 0 Å². The Balaban J connectivity index is 2.82. The van der Waals surface area contributed by atoms with E-state index in [-0.39, 0.29) is 0 Å². The molecule has 0 saturated carbocycles. The fourth-order valence-corrected chi connectivity index (χ4v) is 0.787. The molecule has 0 fully saturated rings. The maximum Gasteiger partial charge on any atom is 0.188 e. The Kier molecular flexibility index (Phi) is 4.34. The molecule has 0 aliphatic heterocycles. The molecule has 0 rings (SSSR count). The molecule has 43 valence electrons. The Hall–Kier alpha value is 0.110. The molecule has 0 bridgehead atoms. The third-order valence-electron chi connectivity index (χ3n) is 0.665. The molecule has 0 saturated heterocycles. The van der Waals surface area contributed by atoms with Crippen LogP contribution in [0.25, 0.3) is 0 Å². The number of hydrogen-bond acceptors (Lipinski definition) is 1. The van der Waals surface area contributed by atoms with Gasteiger partial charge in [0.2, 0.25) is 0 Å². The molecule has 1 atom stereocenters. The monoisotopic (exact) mass is 121 g/mol. The summed E-state index contributed by atoms with van der Waals surface area (Å²) in [4.78, 5) is 0. The second-order valence-corrected chi connectivity index (χ2v) is 2.38. The van der Waals surface area contributed by atoms with Gasteiger partial charge in [-0.25, -0.2) is 4.21 Å². The predicted molar refractivity (Wildman–Crippen MR) is 28.6 cm³/mol. The van der Waals surface area contributed by atoms with Gasteiger partial charge >= 0.3 is 0 Å². The molecule has 0 amide bonds. The van der Waals surface area contributed by atoms with Crippen LogP contribution < -0.4 is 0 Å². The third-order valence-corrected chi connectivity index (χ3v) is 1.29. The second kappa shape index (κ2) is 4.27. The zero-order valence-electron chi connectivity index (χ0n) is 4.35. The van der Waals surface area contributed by atoms with Gasteiger partial charge in [-0.15, -0.1) is 4.55 Å². The molecule has 0 spiro atoms. The smallest absolute Gasteiger partial charge is 0.188 e. The van der Waals surface area contributed by atoms with E-state index in [0.29, 0.717) is 5.75 Å². The fraction of sp³-hybridized carbons (Fsp3) is 1.00. The van der Waals surface area contributed by atoms with Crippen LogP contribution in [0, 0.1) is 0 Å². The molecule has 3 heteroatoms. The van der Waals surface area contributed by atoms with Gasteiger partial charge < -0.3 is 0 Å². The van der Waals surface area contributed by atoms with Crippen LogP contribution in [0.4, 0.5) is 0 Å². The van der Waals surface area contributed by atoms with E-state index in [9.17, 15) is 8.76 Å². The molecule has 0 aromatic carbocycles. The van der Waals surface area contributed by atoms with Gasteiger partial charge in [0.1, 0.15) is 0 Å². The minimum absolute atomic E-state index is 0.316. The lowest BCUT2D eigenvalue weighted by Crippen LogP contribution is -1.90. The highest BCUT2D eigenvalue weighted by molar-refractivity contribution is 7.78.